The lowest BCUT2D eigenvalue weighted by Crippen LogP contribution is -2.30. The van der Waals surface area contributed by atoms with Gasteiger partial charge in [0.2, 0.25) is 0 Å². The maximum absolute atomic E-state index is 12.6. The van der Waals surface area contributed by atoms with Gasteiger partial charge in [-0.05, 0) is 67.3 Å². The van der Waals surface area contributed by atoms with Crippen molar-refractivity contribution in [3.63, 3.8) is 0 Å². The first kappa shape index (κ1) is 22.1. The van der Waals surface area contributed by atoms with Crippen LogP contribution >= 0.6 is 0 Å². The zero-order valence-corrected chi connectivity index (χ0v) is 18.0. The Morgan fingerprint density at radius 1 is 0.839 bits per heavy atom. The molecule has 5 nitrogen and oxygen atoms in total. The van der Waals surface area contributed by atoms with Crippen molar-refractivity contribution in [2.45, 2.75) is 39.2 Å². The summed E-state index contributed by atoms with van der Waals surface area (Å²) >= 11 is 0. The third kappa shape index (κ3) is 5.95. The third-order valence-electron chi connectivity index (χ3n) is 5.08. The summed E-state index contributed by atoms with van der Waals surface area (Å²) in [5.41, 5.74) is 2.15. The number of benzene rings is 3. The van der Waals surface area contributed by atoms with E-state index in [2.05, 4.69) is 19.2 Å². The lowest BCUT2D eigenvalue weighted by atomic mass is 9.97. The van der Waals surface area contributed by atoms with Gasteiger partial charge in [0.1, 0.15) is 11.5 Å². The number of amides is 1. The molecule has 0 bridgehead atoms. The molecule has 31 heavy (non-hydrogen) atoms. The van der Waals surface area contributed by atoms with E-state index in [9.17, 15) is 9.59 Å². The summed E-state index contributed by atoms with van der Waals surface area (Å²) in [4.78, 5) is 25.1. The number of esters is 1. The molecule has 1 amide bonds. The fourth-order valence-electron chi connectivity index (χ4n) is 3.06. The van der Waals surface area contributed by atoms with Crippen molar-refractivity contribution >= 4 is 17.6 Å². The van der Waals surface area contributed by atoms with Gasteiger partial charge in [0, 0.05) is 5.69 Å². The Kier molecular flexibility index (Phi) is 7.44. The number of hydrogen-bond acceptors (Lipinski definition) is 4. The predicted octanol–water partition coefficient (Wildman–Crippen LogP) is 6.18. The van der Waals surface area contributed by atoms with Crippen molar-refractivity contribution in [2.24, 2.45) is 0 Å². The molecule has 2 atom stereocenters. The van der Waals surface area contributed by atoms with Gasteiger partial charge in [-0.25, -0.2) is 4.79 Å². The zero-order chi connectivity index (χ0) is 22.2. The molecule has 0 radical (unpaired) electrons. The molecular formula is C26H27NO4. The van der Waals surface area contributed by atoms with E-state index in [4.69, 9.17) is 9.47 Å². The van der Waals surface area contributed by atoms with E-state index in [1.165, 1.54) is 0 Å². The first-order valence-electron chi connectivity index (χ1n) is 10.4. The van der Waals surface area contributed by atoms with Crippen LogP contribution in [-0.4, -0.2) is 18.0 Å². The van der Waals surface area contributed by atoms with E-state index in [1.807, 2.05) is 54.6 Å². The summed E-state index contributed by atoms with van der Waals surface area (Å²) in [6.07, 6.45) is 0.0271. The summed E-state index contributed by atoms with van der Waals surface area (Å²) in [7, 11) is 0. The van der Waals surface area contributed by atoms with Gasteiger partial charge in [-0.15, -0.1) is 0 Å². The topological polar surface area (TPSA) is 64.6 Å². The SMILES string of the molecule is CC[C@@H](C)c1ccccc1NC(=O)[C@@H](C)OC(=O)c1ccc(Oc2ccccc2)cc1. The van der Waals surface area contributed by atoms with E-state index in [0.29, 0.717) is 23.0 Å². The Balaban J connectivity index is 1.59. The second-order valence-corrected chi connectivity index (χ2v) is 7.37. The molecule has 0 aliphatic carbocycles. The fraction of sp³-hybridized carbons (Fsp3) is 0.231. The Morgan fingerprint density at radius 3 is 2.13 bits per heavy atom. The number of nitrogens with one attached hydrogen (secondary N) is 1. The van der Waals surface area contributed by atoms with Crippen molar-refractivity contribution in [3.05, 3.63) is 90.0 Å². The quantitative estimate of drug-likeness (QED) is 0.445. The van der Waals surface area contributed by atoms with Crippen LogP contribution in [0.15, 0.2) is 78.9 Å². The number of rotatable bonds is 8. The lowest BCUT2D eigenvalue weighted by Gasteiger charge is -2.18. The molecule has 160 valence electrons. The zero-order valence-electron chi connectivity index (χ0n) is 18.0. The summed E-state index contributed by atoms with van der Waals surface area (Å²) in [6, 6.07) is 23.7. The van der Waals surface area contributed by atoms with Crippen molar-refractivity contribution in [1.29, 1.82) is 0 Å². The molecule has 0 saturated heterocycles. The minimum Gasteiger partial charge on any atom is -0.457 e. The van der Waals surface area contributed by atoms with Crippen LogP contribution < -0.4 is 10.1 Å². The first-order chi connectivity index (χ1) is 15.0. The number of anilines is 1. The summed E-state index contributed by atoms with van der Waals surface area (Å²) in [5, 5.41) is 2.88. The van der Waals surface area contributed by atoms with E-state index >= 15 is 0 Å². The summed E-state index contributed by atoms with van der Waals surface area (Å²) in [6.45, 7) is 5.77. The Labute approximate surface area is 183 Å². The van der Waals surface area contributed by atoms with Gasteiger partial charge < -0.3 is 14.8 Å². The lowest BCUT2D eigenvalue weighted by molar-refractivity contribution is -0.123. The second-order valence-electron chi connectivity index (χ2n) is 7.37. The number of ether oxygens (including phenoxy) is 2. The van der Waals surface area contributed by atoms with Gasteiger partial charge >= 0.3 is 5.97 Å². The van der Waals surface area contributed by atoms with E-state index in [0.717, 1.165) is 17.7 Å². The Bertz CT molecular complexity index is 1020. The highest BCUT2D eigenvalue weighted by Crippen LogP contribution is 2.27. The Hall–Kier alpha value is -3.60. The normalized spacial score (nSPS) is 12.5. The van der Waals surface area contributed by atoms with Crippen LogP contribution in [0, 0.1) is 0 Å². The molecular weight excluding hydrogens is 390 g/mol. The van der Waals surface area contributed by atoms with Crippen molar-refractivity contribution < 1.29 is 19.1 Å². The molecule has 3 aromatic carbocycles. The molecule has 3 rings (SSSR count). The highest BCUT2D eigenvalue weighted by atomic mass is 16.5. The van der Waals surface area contributed by atoms with Gasteiger partial charge in [-0.1, -0.05) is 50.2 Å². The molecule has 0 aromatic heterocycles. The van der Waals surface area contributed by atoms with Crippen LogP contribution in [0.25, 0.3) is 0 Å². The van der Waals surface area contributed by atoms with Crippen molar-refractivity contribution in [1.82, 2.24) is 0 Å². The van der Waals surface area contributed by atoms with Crippen LogP contribution in [-0.2, 0) is 9.53 Å². The minimum atomic E-state index is -0.933. The Morgan fingerprint density at radius 2 is 1.45 bits per heavy atom. The average molecular weight is 418 g/mol. The van der Waals surface area contributed by atoms with Gasteiger partial charge in [0.15, 0.2) is 6.10 Å². The van der Waals surface area contributed by atoms with Crippen LogP contribution in [0.4, 0.5) is 5.69 Å². The molecule has 0 fully saturated rings. The standard InChI is InChI=1S/C26H27NO4/c1-4-18(2)23-12-8-9-13-24(23)27-25(28)19(3)30-26(29)20-14-16-22(17-15-20)31-21-10-6-5-7-11-21/h5-19H,4H2,1-3H3,(H,27,28)/t18-,19-/m1/s1. The average Bonchev–Trinajstić information content (AvgIpc) is 2.80. The van der Waals surface area contributed by atoms with E-state index < -0.39 is 12.1 Å². The monoisotopic (exact) mass is 417 g/mol. The molecule has 0 unspecified atom stereocenters. The summed E-state index contributed by atoms with van der Waals surface area (Å²) < 4.78 is 11.1. The molecule has 0 saturated carbocycles. The second kappa shape index (κ2) is 10.4. The van der Waals surface area contributed by atoms with E-state index in [1.54, 1.807) is 31.2 Å². The maximum Gasteiger partial charge on any atom is 0.338 e. The molecule has 0 aliphatic heterocycles. The van der Waals surface area contributed by atoms with Crippen molar-refractivity contribution in [3.8, 4) is 11.5 Å². The minimum absolute atomic E-state index is 0.311. The smallest absolute Gasteiger partial charge is 0.338 e. The van der Waals surface area contributed by atoms with Gasteiger partial charge in [-0.2, -0.15) is 0 Å². The highest BCUT2D eigenvalue weighted by molar-refractivity contribution is 5.97. The number of para-hydroxylation sites is 2. The first-order valence-corrected chi connectivity index (χ1v) is 10.4. The fourth-order valence-corrected chi connectivity index (χ4v) is 3.06. The van der Waals surface area contributed by atoms with Gasteiger partial charge in [0.05, 0.1) is 5.56 Å². The van der Waals surface area contributed by atoms with Crippen LogP contribution in [0.1, 0.15) is 49.0 Å². The van der Waals surface area contributed by atoms with Crippen LogP contribution in [0.2, 0.25) is 0 Å². The molecule has 0 aliphatic rings. The number of carbonyl (C=O) groups excluding carboxylic acids is 2. The van der Waals surface area contributed by atoms with Gasteiger partial charge in [-0.3, -0.25) is 4.79 Å². The predicted molar refractivity (Wildman–Crippen MR) is 122 cm³/mol. The van der Waals surface area contributed by atoms with Gasteiger partial charge in [0.25, 0.3) is 5.91 Å². The molecule has 0 heterocycles. The largest absolute Gasteiger partial charge is 0.457 e. The molecule has 5 heteroatoms. The van der Waals surface area contributed by atoms with Crippen molar-refractivity contribution in [2.75, 3.05) is 5.32 Å². The number of carbonyl (C=O) groups is 2. The summed E-state index contributed by atoms with van der Waals surface area (Å²) in [5.74, 6) is 0.694. The molecule has 0 spiro atoms. The molecule has 3 aromatic rings. The van der Waals surface area contributed by atoms with Crippen LogP contribution in [0.5, 0.6) is 11.5 Å². The third-order valence-corrected chi connectivity index (χ3v) is 5.08. The maximum atomic E-state index is 12.6. The molecule has 1 N–H and O–H groups in total. The highest BCUT2D eigenvalue weighted by Gasteiger charge is 2.20. The van der Waals surface area contributed by atoms with Crippen LogP contribution in [0.3, 0.4) is 0 Å². The van der Waals surface area contributed by atoms with E-state index in [-0.39, 0.29) is 5.91 Å². The number of hydrogen-bond donors (Lipinski definition) is 1.